The molecule has 74 valence electrons. The van der Waals surface area contributed by atoms with Gasteiger partial charge in [-0.25, -0.2) is 0 Å². The van der Waals surface area contributed by atoms with Crippen molar-refractivity contribution in [3.8, 4) is 0 Å². The van der Waals surface area contributed by atoms with Crippen LogP contribution in [0.25, 0.3) is 0 Å². The second-order valence-corrected chi connectivity index (χ2v) is 4.25. The van der Waals surface area contributed by atoms with Crippen molar-refractivity contribution in [2.45, 2.75) is 6.04 Å². The van der Waals surface area contributed by atoms with Gasteiger partial charge in [0.15, 0.2) is 0 Å². The number of rotatable bonds is 2. The molecular weight excluding hydrogens is 220 g/mol. The highest BCUT2D eigenvalue weighted by Gasteiger charge is 2.17. The summed E-state index contributed by atoms with van der Waals surface area (Å²) < 4.78 is 1.65. The molecule has 0 bridgehead atoms. The Morgan fingerprint density at radius 1 is 1.64 bits per heavy atom. The second-order valence-electron chi connectivity index (χ2n) is 2.89. The number of nitrogens with zero attached hydrogens (tertiary/aromatic N) is 3. The van der Waals surface area contributed by atoms with Gasteiger partial charge in [-0.05, 0) is 11.4 Å². The van der Waals surface area contributed by atoms with Gasteiger partial charge >= 0.3 is 0 Å². The quantitative estimate of drug-likeness (QED) is 0.849. The van der Waals surface area contributed by atoms with Gasteiger partial charge in [0.1, 0.15) is 0 Å². The molecule has 0 saturated heterocycles. The van der Waals surface area contributed by atoms with Gasteiger partial charge in [0.05, 0.1) is 23.0 Å². The van der Waals surface area contributed by atoms with E-state index < -0.39 is 0 Å². The lowest BCUT2D eigenvalue weighted by molar-refractivity contribution is 0.654. The Morgan fingerprint density at radius 2 is 2.43 bits per heavy atom. The van der Waals surface area contributed by atoms with Crippen molar-refractivity contribution < 1.29 is 0 Å². The summed E-state index contributed by atoms with van der Waals surface area (Å²) in [4.78, 5) is 0.942. The third kappa shape index (κ3) is 1.54. The molecule has 0 radical (unpaired) electrons. The van der Waals surface area contributed by atoms with Crippen LogP contribution in [-0.2, 0) is 7.05 Å². The number of hydrogen-bond donors (Lipinski definition) is 1. The van der Waals surface area contributed by atoms with Crippen LogP contribution in [0.3, 0.4) is 0 Å². The average Bonchev–Trinajstić information content (AvgIpc) is 2.73. The topological polar surface area (TPSA) is 56.7 Å². The lowest BCUT2D eigenvalue weighted by atomic mass is 10.2. The Bertz CT molecular complexity index is 396. The summed E-state index contributed by atoms with van der Waals surface area (Å²) in [6, 6.07) is 1.59. The molecule has 0 spiro atoms. The zero-order valence-corrected chi connectivity index (χ0v) is 9.09. The monoisotopic (exact) mass is 228 g/mol. The molecule has 2 aromatic heterocycles. The van der Waals surface area contributed by atoms with Gasteiger partial charge in [-0.3, -0.25) is 4.68 Å². The molecule has 2 rings (SSSR count). The maximum atomic E-state index is 6.03. The summed E-state index contributed by atoms with van der Waals surface area (Å²) in [6.45, 7) is 0. The number of hydrogen-bond acceptors (Lipinski definition) is 4. The van der Waals surface area contributed by atoms with E-state index >= 15 is 0 Å². The number of halogens is 1. The fourth-order valence-electron chi connectivity index (χ4n) is 1.24. The van der Waals surface area contributed by atoms with Gasteiger partial charge < -0.3 is 5.73 Å². The highest BCUT2D eigenvalue weighted by molar-refractivity contribution is 7.10. The first kappa shape index (κ1) is 9.64. The molecule has 0 aromatic carbocycles. The Labute approximate surface area is 90.3 Å². The van der Waals surface area contributed by atoms with E-state index in [1.54, 1.807) is 10.9 Å². The van der Waals surface area contributed by atoms with Crippen molar-refractivity contribution in [1.82, 2.24) is 15.0 Å². The summed E-state index contributed by atoms with van der Waals surface area (Å²) in [5, 5.41) is 10.2. The van der Waals surface area contributed by atoms with E-state index in [1.807, 2.05) is 18.5 Å². The molecule has 2 aromatic rings. The van der Waals surface area contributed by atoms with E-state index in [1.165, 1.54) is 11.3 Å². The van der Waals surface area contributed by atoms with Crippen LogP contribution in [0.4, 0.5) is 0 Å². The number of thiophene rings is 1. The molecule has 0 aliphatic rings. The van der Waals surface area contributed by atoms with Crippen LogP contribution in [0.5, 0.6) is 0 Å². The minimum Gasteiger partial charge on any atom is -0.318 e. The normalized spacial score (nSPS) is 13.1. The molecule has 14 heavy (non-hydrogen) atoms. The molecule has 2 N–H and O–H groups in total. The summed E-state index contributed by atoms with van der Waals surface area (Å²) >= 11 is 7.52. The van der Waals surface area contributed by atoms with E-state index in [0.717, 1.165) is 10.6 Å². The molecule has 1 atom stereocenters. The van der Waals surface area contributed by atoms with E-state index in [-0.39, 0.29) is 6.04 Å². The third-order valence-corrected chi connectivity index (χ3v) is 3.44. The lowest BCUT2D eigenvalue weighted by Crippen LogP contribution is -2.14. The van der Waals surface area contributed by atoms with Crippen molar-refractivity contribution in [2.75, 3.05) is 0 Å². The van der Waals surface area contributed by atoms with Crippen LogP contribution in [0.15, 0.2) is 17.6 Å². The first-order chi connectivity index (χ1) is 6.70. The SMILES string of the molecule is Cn1nncc1C(N)c1sccc1Cl. The molecule has 0 saturated carbocycles. The molecule has 2 heterocycles. The molecular formula is C8H9ClN4S. The van der Waals surface area contributed by atoms with Crippen LogP contribution in [0.1, 0.15) is 16.6 Å². The highest BCUT2D eigenvalue weighted by atomic mass is 35.5. The van der Waals surface area contributed by atoms with Crippen LogP contribution >= 0.6 is 22.9 Å². The van der Waals surface area contributed by atoms with Crippen molar-refractivity contribution in [3.05, 3.63) is 33.2 Å². The fourth-order valence-corrected chi connectivity index (χ4v) is 2.43. The van der Waals surface area contributed by atoms with E-state index in [4.69, 9.17) is 17.3 Å². The van der Waals surface area contributed by atoms with Gasteiger partial charge in [0.25, 0.3) is 0 Å². The maximum absolute atomic E-state index is 6.03. The minimum absolute atomic E-state index is 0.248. The number of nitrogens with two attached hydrogens (primary N) is 1. The third-order valence-electron chi connectivity index (χ3n) is 2.00. The van der Waals surface area contributed by atoms with Crippen LogP contribution in [0, 0.1) is 0 Å². The fraction of sp³-hybridized carbons (Fsp3) is 0.250. The molecule has 0 fully saturated rings. The van der Waals surface area contributed by atoms with E-state index in [9.17, 15) is 0 Å². The lowest BCUT2D eigenvalue weighted by Gasteiger charge is -2.09. The Morgan fingerprint density at radius 3 is 2.93 bits per heavy atom. The van der Waals surface area contributed by atoms with Gasteiger partial charge in [-0.15, -0.1) is 16.4 Å². The molecule has 0 aliphatic carbocycles. The molecule has 0 amide bonds. The molecule has 1 unspecified atom stereocenters. The largest absolute Gasteiger partial charge is 0.318 e. The first-order valence-corrected chi connectivity index (χ1v) is 5.29. The van der Waals surface area contributed by atoms with Crippen molar-refractivity contribution in [3.63, 3.8) is 0 Å². The van der Waals surface area contributed by atoms with Crippen molar-refractivity contribution >= 4 is 22.9 Å². The second kappa shape index (κ2) is 3.68. The molecule has 0 aliphatic heterocycles. The predicted molar refractivity (Wildman–Crippen MR) is 56.4 cm³/mol. The molecule has 6 heteroatoms. The smallest absolute Gasteiger partial charge is 0.0848 e. The first-order valence-electron chi connectivity index (χ1n) is 4.03. The zero-order chi connectivity index (χ0) is 10.1. The number of aromatic nitrogens is 3. The van der Waals surface area contributed by atoms with Crippen molar-refractivity contribution in [1.29, 1.82) is 0 Å². The van der Waals surface area contributed by atoms with Crippen LogP contribution in [0.2, 0.25) is 5.02 Å². The summed E-state index contributed by atoms with van der Waals surface area (Å²) in [5.41, 5.74) is 6.89. The van der Waals surface area contributed by atoms with E-state index in [0.29, 0.717) is 5.02 Å². The Hall–Kier alpha value is -0.910. The van der Waals surface area contributed by atoms with Crippen molar-refractivity contribution in [2.24, 2.45) is 12.8 Å². The number of aryl methyl sites for hydroxylation is 1. The Kier molecular flexibility index (Phi) is 2.54. The predicted octanol–water partition coefficient (Wildman–Crippen LogP) is 1.58. The van der Waals surface area contributed by atoms with E-state index in [2.05, 4.69) is 10.3 Å². The standard InChI is InChI=1S/C8H9ClN4S/c1-13-6(4-11-12-13)7(10)8-5(9)2-3-14-8/h2-4,7H,10H2,1H3. The average molecular weight is 229 g/mol. The van der Waals surface area contributed by atoms with Gasteiger partial charge in [0, 0.05) is 11.9 Å². The zero-order valence-electron chi connectivity index (χ0n) is 7.51. The highest BCUT2D eigenvalue weighted by Crippen LogP contribution is 2.30. The Balaban J connectivity index is 2.38. The van der Waals surface area contributed by atoms with Crippen LogP contribution in [-0.4, -0.2) is 15.0 Å². The summed E-state index contributed by atoms with van der Waals surface area (Å²) in [6.07, 6.45) is 1.65. The maximum Gasteiger partial charge on any atom is 0.0848 e. The summed E-state index contributed by atoms with van der Waals surface area (Å²) in [5.74, 6) is 0. The van der Waals surface area contributed by atoms with Crippen LogP contribution < -0.4 is 5.73 Å². The minimum atomic E-state index is -0.248. The molecule has 4 nitrogen and oxygen atoms in total. The van der Waals surface area contributed by atoms with Gasteiger partial charge in [0.2, 0.25) is 0 Å². The van der Waals surface area contributed by atoms with Gasteiger partial charge in [-0.2, -0.15) is 0 Å². The van der Waals surface area contributed by atoms with Gasteiger partial charge in [-0.1, -0.05) is 16.8 Å². The summed E-state index contributed by atoms with van der Waals surface area (Å²) in [7, 11) is 1.81.